The summed E-state index contributed by atoms with van der Waals surface area (Å²) < 4.78 is 26.5. The van der Waals surface area contributed by atoms with Gasteiger partial charge in [-0.15, -0.1) is 0 Å². The second-order valence-corrected chi connectivity index (χ2v) is 6.00. The van der Waals surface area contributed by atoms with Gasteiger partial charge in [-0.25, -0.2) is 10.2 Å². The zero-order chi connectivity index (χ0) is 21.1. The van der Waals surface area contributed by atoms with Gasteiger partial charge in [0, 0.05) is 6.42 Å². The minimum atomic E-state index is -0.672. The molecule has 0 heterocycles. The van der Waals surface area contributed by atoms with Crippen molar-refractivity contribution in [1.82, 2.24) is 5.43 Å². The van der Waals surface area contributed by atoms with E-state index in [0.29, 0.717) is 53.2 Å². The van der Waals surface area contributed by atoms with Crippen molar-refractivity contribution in [2.45, 2.75) is 6.42 Å². The second kappa shape index (κ2) is 11.7. The van der Waals surface area contributed by atoms with Crippen molar-refractivity contribution in [1.29, 1.82) is 0 Å². The van der Waals surface area contributed by atoms with Crippen LogP contribution in [0.25, 0.3) is 0 Å². The molecule has 0 saturated heterocycles. The third-order valence-electron chi connectivity index (χ3n) is 3.67. The number of nitrogens with one attached hydrogen (secondary N) is 1. The van der Waals surface area contributed by atoms with E-state index in [1.54, 1.807) is 19.2 Å². The number of hydrogen-bond acceptors (Lipinski definition) is 7. The first-order valence-corrected chi connectivity index (χ1v) is 9.10. The summed E-state index contributed by atoms with van der Waals surface area (Å²) in [4.78, 5) is 11.0. The average Bonchev–Trinajstić information content (AvgIpc) is 2.74. The van der Waals surface area contributed by atoms with Crippen LogP contribution in [0.3, 0.4) is 0 Å². The van der Waals surface area contributed by atoms with Crippen LogP contribution in [-0.4, -0.2) is 46.9 Å². The number of carbonyl (C=O) groups excluding carboxylic acids is 1. The molecule has 2 aromatic rings. The Morgan fingerprint density at radius 3 is 2.41 bits per heavy atom. The van der Waals surface area contributed by atoms with Crippen molar-refractivity contribution in [3.63, 3.8) is 0 Å². The molecule has 0 atom stereocenters. The highest BCUT2D eigenvalue weighted by Crippen LogP contribution is 2.36. The molecule has 0 fully saturated rings. The molecule has 156 valence electrons. The highest BCUT2D eigenvalue weighted by Gasteiger charge is 2.12. The van der Waals surface area contributed by atoms with Crippen molar-refractivity contribution < 1.29 is 28.5 Å². The van der Waals surface area contributed by atoms with Gasteiger partial charge < -0.3 is 23.7 Å². The number of halogens is 1. The molecule has 29 heavy (non-hydrogen) atoms. The van der Waals surface area contributed by atoms with Crippen molar-refractivity contribution in [2.24, 2.45) is 5.10 Å². The average molecular weight is 423 g/mol. The highest BCUT2D eigenvalue weighted by molar-refractivity contribution is 6.32. The first-order chi connectivity index (χ1) is 14.1. The molecule has 0 aliphatic heterocycles. The van der Waals surface area contributed by atoms with Crippen LogP contribution >= 0.6 is 11.6 Å². The normalized spacial score (nSPS) is 10.5. The Balaban J connectivity index is 1.90. The monoisotopic (exact) mass is 422 g/mol. The summed E-state index contributed by atoms with van der Waals surface area (Å²) in [6.07, 6.45) is 1.37. The van der Waals surface area contributed by atoms with Gasteiger partial charge in [-0.05, 0) is 29.8 Å². The molecule has 0 saturated carbocycles. The van der Waals surface area contributed by atoms with Gasteiger partial charge >= 0.3 is 6.09 Å². The predicted octanol–water partition coefficient (Wildman–Crippen LogP) is 3.90. The van der Waals surface area contributed by atoms with Crippen LogP contribution in [-0.2, 0) is 4.74 Å². The molecule has 0 spiro atoms. The number of amides is 1. The number of benzene rings is 2. The lowest BCUT2D eigenvalue weighted by Crippen LogP contribution is -2.16. The molecule has 0 aliphatic rings. The van der Waals surface area contributed by atoms with Gasteiger partial charge in [0.1, 0.15) is 0 Å². The maximum Gasteiger partial charge on any atom is 0.427 e. The molecular weight excluding hydrogens is 400 g/mol. The molecule has 1 N–H and O–H groups in total. The highest BCUT2D eigenvalue weighted by atomic mass is 35.5. The standard InChI is InChI=1S/C20H23ClN2O6/c1-25-16-7-4-5-8-17(16)28-9-6-10-29-19-15(21)11-14(12-18(19)26-2)13-22-23-20(24)27-3/h4-5,7-8,11-13H,6,9-10H2,1-3H3,(H,23,24)/b22-13-. The van der Waals surface area contributed by atoms with E-state index in [2.05, 4.69) is 15.3 Å². The van der Waals surface area contributed by atoms with E-state index in [4.69, 9.17) is 30.5 Å². The van der Waals surface area contributed by atoms with E-state index < -0.39 is 6.09 Å². The molecule has 9 heteroatoms. The van der Waals surface area contributed by atoms with Crippen LogP contribution in [0.5, 0.6) is 23.0 Å². The lowest BCUT2D eigenvalue weighted by atomic mass is 10.2. The topological polar surface area (TPSA) is 87.6 Å². The quantitative estimate of drug-likeness (QED) is 0.355. The van der Waals surface area contributed by atoms with Gasteiger partial charge in [-0.2, -0.15) is 5.10 Å². The number of carbonyl (C=O) groups is 1. The van der Waals surface area contributed by atoms with E-state index in [0.717, 1.165) is 0 Å². The molecule has 0 aromatic heterocycles. The minimum absolute atomic E-state index is 0.356. The Labute approximate surface area is 174 Å². The predicted molar refractivity (Wildman–Crippen MR) is 110 cm³/mol. The molecule has 1 amide bonds. The second-order valence-electron chi connectivity index (χ2n) is 5.60. The first kappa shape index (κ1) is 22.2. The lowest BCUT2D eigenvalue weighted by molar-refractivity contribution is 0.171. The number of para-hydroxylation sites is 2. The van der Waals surface area contributed by atoms with Crippen LogP contribution in [0.1, 0.15) is 12.0 Å². The van der Waals surface area contributed by atoms with E-state index >= 15 is 0 Å². The van der Waals surface area contributed by atoms with Crippen molar-refractivity contribution in [3.05, 3.63) is 47.0 Å². The maximum absolute atomic E-state index is 11.0. The Morgan fingerprint density at radius 2 is 1.72 bits per heavy atom. The number of methoxy groups -OCH3 is 3. The Kier molecular flexibility index (Phi) is 8.91. The van der Waals surface area contributed by atoms with Gasteiger partial charge in [-0.3, -0.25) is 0 Å². The summed E-state index contributed by atoms with van der Waals surface area (Å²) in [6, 6.07) is 10.8. The third kappa shape index (κ3) is 6.76. The Bertz CT molecular complexity index is 844. The summed E-state index contributed by atoms with van der Waals surface area (Å²) in [5.41, 5.74) is 2.81. The zero-order valence-corrected chi connectivity index (χ0v) is 17.2. The van der Waals surface area contributed by atoms with Gasteiger partial charge in [0.25, 0.3) is 0 Å². The van der Waals surface area contributed by atoms with Crippen LogP contribution in [0.4, 0.5) is 4.79 Å². The number of ether oxygens (including phenoxy) is 5. The molecule has 0 bridgehead atoms. The zero-order valence-electron chi connectivity index (χ0n) is 16.4. The van der Waals surface area contributed by atoms with Crippen molar-refractivity contribution in [2.75, 3.05) is 34.5 Å². The van der Waals surface area contributed by atoms with Gasteiger partial charge in [-0.1, -0.05) is 23.7 Å². The molecular formula is C20H23ClN2O6. The molecule has 2 aromatic carbocycles. The van der Waals surface area contributed by atoms with Crippen LogP contribution < -0.4 is 24.4 Å². The number of rotatable bonds is 10. The number of nitrogens with zero attached hydrogens (tertiary/aromatic N) is 1. The SMILES string of the molecule is COC(=O)N/N=C\c1cc(Cl)c(OCCCOc2ccccc2OC)c(OC)c1. The van der Waals surface area contributed by atoms with Crippen molar-refractivity contribution >= 4 is 23.9 Å². The largest absolute Gasteiger partial charge is 0.493 e. The van der Waals surface area contributed by atoms with Crippen LogP contribution in [0.15, 0.2) is 41.5 Å². The fraction of sp³-hybridized carbons (Fsp3) is 0.300. The van der Waals surface area contributed by atoms with Crippen LogP contribution in [0, 0.1) is 0 Å². The van der Waals surface area contributed by atoms with Crippen molar-refractivity contribution in [3.8, 4) is 23.0 Å². The summed E-state index contributed by atoms with van der Waals surface area (Å²) >= 11 is 6.30. The fourth-order valence-electron chi connectivity index (χ4n) is 2.31. The smallest absolute Gasteiger partial charge is 0.427 e. The molecule has 8 nitrogen and oxygen atoms in total. The molecule has 0 unspecified atom stereocenters. The lowest BCUT2D eigenvalue weighted by Gasteiger charge is -2.14. The summed E-state index contributed by atoms with van der Waals surface area (Å²) in [7, 11) is 4.36. The Morgan fingerprint density at radius 1 is 1.03 bits per heavy atom. The van der Waals surface area contributed by atoms with E-state index in [9.17, 15) is 4.79 Å². The summed E-state index contributed by atoms with van der Waals surface area (Å²) in [6.45, 7) is 0.826. The number of hydrogen-bond donors (Lipinski definition) is 1. The van der Waals surface area contributed by atoms with E-state index in [1.165, 1.54) is 20.4 Å². The first-order valence-electron chi connectivity index (χ1n) is 8.72. The number of hydrazone groups is 1. The maximum atomic E-state index is 11.0. The fourth-order valence-corrected chi connectivity index (χ4v) is 2.59. The van der Waals surface area contributed by atoms with E-state index in [-0.39, 0.29) is 0 Å². The third-order valence-corrected chi connectivity index (χ3v) is 3.95. The van der Waals surface area contributed by atoms with E-state index in [1.807, 2.05) is 24.3 Å². The summed E-state index contributed by atoms with van der Waals surface area (Å²) in [5.74, 6) is 2.22. The van der Waals surface area contributed by atoms with Gasteiger partial charge in [0.2, 0.25) is 0 Å². The molecule has 0 aliphatic carbocycles. The molecule has 2 rings (SSSR count). The van der Waals surface area contributed by atoms with Gasteiger partial charge in [0.15, 0.2) is 23.0 Å². The molecule has 0 radical (unpaired) electrons. The van der Waals surface area contributed by atoms with Gasteiger partial charge in [0.05, 0.1) is 45.8 Å². The Hall–Kier alpha value is -3.13. The summed E-state index contributed by atoms with van der Waals surface area (Å²) in [5, 5.41) is 4.11. The minimum Gasteiger partial charge on any atom is -0.493 e. The van der Waals surface area contributed by atoms with Crippen LogP contribution in [0.2, 0.25) is 5.02 Å².